The molecule has 6 nitrogen and oxygen atoms in total. The molecule has 0 aliphatic rings. The predicted octanol–water partition coefficient (Wildman–Crippen LogP) is 1.03. The second-order valence-electron chi connectivity index (χ2n) is 4.15. The van der Waals surface area contributed by atoms with E-state index in [1.54, 1.807) is 23.1 Å². The number of carbonyl (C=O) groups is 2. The molecule has 0 saturated heterocycles. The van der Waals surface area contributed by atoms with Crippen molar-refractivity contribution < 1.29 is 19.8 Å². The maximum absolute atomic E-state index is 11.4. The summed E-state index contributed by atoms with van der Waals surface area (Å²) in [6.45, 7) is 2.13. The molecule has 0 radical (unpaired) electrons. The van der Waals surface area contributed by atoms with E-state index < -0.39 is 12.1 Å². The summed E-state index contributed by atoms with van der Waals surface area (Å²) >= 11 is 3.24. The van der Waals surface area contributed by atoms with Gasteiger partial charge in [0.15, 0.2) is 6.10 Å². The number of carboxylic acids is 1. The lowest BCUT2D eigenvalue weighted by Crippen LogP contribution is -2.30. The number of aryl methyl sites for hydroxylation is 1. The molecule has 1 amide bonds. The van der Waals surface area contributed by atoms with Crippen LogP contribution in [0, 0.1) is 6.92 Å². The van der Waals surface area contributed by atoms with Gasteiger partial charge in [0.05, 0.1) is 10.7 Å². The van der Waals surface area contributed by atoms with Crippen molar-refractivity contribution in [1.29, 1.82) is 0 Å². The normalized spacial score (nSPS) is 12.1. The van der Waals surface area contributed by atoms with Gasteiger partial charge < -0.3 is 15.5 Å². The third-order valence-electron chi connectivity index (χ3n) is 2.41. The lowest BCUT2D eigenvalue weighted by Gasteiger charge is -2.07. The minimum Gasteiger partial charge on any atom is -0.479 e. The molecule has 0 aliphatic carbocycles. The lowest BCUT2D eigenvalue weighted by atomic mass is 10.2. The Morgan fingerprint density at radius 3 is 2.90 bits per heavy atom. The fourth-order valence-corrected chi connectivity index (χ4v) is 2.93. The first-order chi connectivity index (χ1) is 9.49. The predicted molar refractivity (Wildman–Crippen MR) is 78.9 cm³/mol. The van der Waals surface area contributed by atoms with Crippen LogP contribution in [0.25, 0.3) is 0 Å². The highest BCUT2D eigenvalue weighted by atomic mass is 32.2. The molecule has 0 bridgehead atoms. The van der Waals surface area contributed by atoms with Crippen molar-refractivity contribution >= 4 is 35.0 Å². The Labute approximate surface area is 125 Å². The minimum absolute atomic E-state index is 0.0202. The molecule has 1 unspecified atom stereocenters. The topological polar surface area (TPSA) is 99.5 Å². The fourth-order valence-electron chi connectivity index (χ4n) is 1.38. The second kappa shape index (κ2) is 8.93. The Morgan fingerprint density at radius 2 is 2.30 bits per heavy atom. The van der Waals surface area contributed by atoms with E-state index in [2.05, 4.69) is 10.3 Å². The van der Waals surface area contributed by atoms with Gasteiger partial charge in [0, 0.05) is 36.3 Å². The summed E-state index contributed by atoms with van der Waals surface area (Å²) in [6.07, 6.45) is -1.03. The second-order valence-corrected chi connectivity index (χ2v) is 6.32. The summed E-state index contributed by atoms with van der Waals surface area (Å²) in [4.78, 5) is 26.1. The molecule has 112 valence electrons. The van der Waals surface area contributed by atoms with Gasteiger partial charge in [0.2, 0.25) is 5.91 Å². The molecule has 20 heavy (non-hydrogen) atoms. The number of carboxylic acid groups (broad SMARTS) is 1. The van der Waals surface area contributed by atoms with Crippen molar-refractivity contribution in [2.75, 3.05) is 12.3 Å². The Bertz CT molecular complexity index is 450. The molecule has 1 aromatic heterocycles. The number of hydrogen-bond donors (Lipinski definition) is 3. The van der Waals surface area contributed by atoms with Crippen LogP contribution in [0.2, 0.25) is 0 Å². The zero-order valence-corrected chi connectivity index (χ0v) is 12.8. The molecule has 0 aliphatic heterocycles. The molecule has 8 heteroatoms. The van der Waals surface area contributed by atoms with E-state index in [1.165, 1.54) is 0 Å². The number of carbonyl (C=O) groups excluding carboxylic acids is 1. The first-order valence-corrected chi connectivity index (χ1v) is 8.19. The van der Waals surface area contributed by atoms with Crippen molar-refractivity contribution in [3.8, 4) is 0 Å². The van der Waals surface area contributed by atoms with Gasteiger partial charge in [0.1, 0.15) is 0 Å². The van der Waals surface area contributed by atoms with Crippen LogP contribution in [-0.4, -0.2) is 45.5 Å². The zero-order chi connectivity index (χ0) is 15.0. The van der Waals surface area contributed by atoms with Crippen molar-refractivity contribution in [2.24, 2.45) is 0 Å². The number of aromatic nitrogens is 1. The van der Waals surface area contributed by atoms with Gasteiger partial charge in [0.25, 0.3) is 0 Å². The van der Waals surface area contributed by atoms with Crippen LogP contribution in [-0.2, 0) is 15.3 Å². The number of thioether (sulfide) groups is 1. The average Bonchev–Trinajstić information content (AvgIpc) is 2.80. The van der Waals surface area contributed by atoms with Crippen LogP contribution in [0.5, 0.6) is 0 Å². The first kappa shape index (κ1) is 16.9. The van der Waals surface area contributed by atoms with E-state index >= 15 is 0 Å². The van der Waals surface area contributed by atoms with Gasteiger partial charge in [-0.1, -0.05) is 0 Å². The van der Waals surface area contributed by atoms with Gasteiger partial charge in [-0.05, 0) is 6.92 Å². The molecule has 0 fully saturated rings. The monoisotopic (exact) mass is 318 g/mol. The number of aliphatic hydroxyl groups is 1. The third kappa shape index (κ3) is 6.88. The molecular weight excluding hydrogens is 300 g/mol. The largest absolute Gasteiger partial charge is 0.479 e. The number of nitrogens with zero attached hydrogens (tertiary/aromatic N) is 1. The highest BCUT2D eigenvalue weighted by Gasteiger charge is 2.12. The fraction of sp³-hybridized carbons (Fsp3) is 0.583. The van der Waals surface area contributed by atoms with Crippen LogP contribution >= 0.6 is 23.1 Å². The van der Waals surface area contributed by atoms with Gasteiger partial charge in [-0.15, -0.1) is 11.3 Å². The summed E-state index contributed by atoms with van der Waals surface area (Å²) in [5.41, 5.74) is 1.03. The minimum atomic E-state index is -1.42. The molecule has 0 aromatic carbocycles. The van der Waals surface area contributed by atoms with Crippen molar-refractivity contribution in [3.05, 3.63) is 16.1 Å². The summed E-state index contributed by atoms with van der Waals surface area (Å²) in [5, 5.41) is 23.1. The van der Waals surface area contributed by atoms with Crippen LogP contribution in [0.4, 0.5) is 0 Å². The summed E-state index contributed by atoms with van der Waals surface area (Å²) < 4.78 is 0. The smallest absolute Gasteiger partial charge is 0.332 e. The number of hydrogen-bond acceptors (Lipinski definition) is 6. The van der Waals surface area contributed by atoms with Crippen molar-refractivity contribution in [1.82, 2.24) is 10.3 Å². The van der Waals surface area contributed by atoms with E-state index in [4.69, 9.17) is 10.2 Å². The number of aliphatic hydroxyl groups excluding tert-OH is 1. The number of rotatable bonds is 9. The van der Waals surface area contributed by atoms with E-state index in [9.17, 15) is 9.59 Å². The van der Waals surface area contributed by atoms with Crippen LogP contribution in [0.3, 0.4) is 0 Å². The Kier molecular flexibility index (Phi) is 7.56. The lowest BCUT2D eigenvalue weighted by molar-refractivity contribution is -0.147. The van der Waals surface area contributed by atoms with Gasteiger partial charge in [-0.2, -0.15) is 11.8 Å². The number of thiazole rings is 1. The molecular formula is C12H18N2O4S2. The van der Waals surface area contributed by atoms with Gasteiger partial charge in [-0.3, -0.25) is 4.79 Å². The maximum Gasteiger partial charge on any atom is 0.332 e. The molecule has 0 spiro atoms. The standard InChI is InChI=1S/C12H18N2O4S2/c1-8-14-9(7-20-8)6-19-5-3-11(16)13-4-2-10(15)12(17)18/h7,10,15H,2-6H2,1H3,(H,13,16)(H,17,18). The molecule has 1 rings (SSSR count). The summed E-state index contributed by atoms with van der Waals surface area (Å²) in [5.74, 6) is 0.0668. The first-order valence-electron chi connectivity index (χ1n) is 6.15. The maximum atomic E-state index is 11.4. The Balaban J connectivity index is 2.04. The molecule has 3 N–H and O–H groups in total. The molecule has 1 atom stereocenters. The van der Waals surface area contributed by atoms with E-state index in [0.29, 0.717) is 12.2 Å². The number of nitrogens with one attached hydrogen (secondary N) is 1. The van der Waals surface area contributed by atoms with Crippen molar-refractivity contribution in [2.45, 2.75) is 31.6 Å². The average molecular weight is 318 g/mol. The quantitative estimate of drug-likeness (QED) is 0.588. The summed E-state index contributed by atoms with van der Waals surface area (Å²) in [7, 11) is 0. The highest BCUT2D eigenvalue weighted by Crippen LogP contribution is 2.15. The summed E-state index contributed by atoms with van der Waals surface area (Å²) in [6, 6.07) is 0. The van der Waals surface area contributed by atoms with Crippen LogP contribution in [0.1, 0.15) is 23.5 Å². The van der Waals surface area contributed by atoms with Gasteiger partial charge in [-0.25, -0.2) is 9.78 Å². The SMILES string of the molecule is Cc1nc(CSCCC(=O)NCCC(O)C(=O)O)cs1. The molecule has 0 saturated carbocycles. The number of amides is 1. The third-order valence-corrected chi connectivity index (χ3v) is 4.23. The van der Waals surface area contributed by atoms with Crippen LogP contribution in [0.15, 0.2) is 5.38 Å². The zero-order valence-electron chi connectivity index (χ0n) is 11.2. The number of aliphatic carboxylic acids is 1. The van der Waals surface area contributed by atoms with Gasteiger partial charge >= 0.3 is 5.97 Å². The Hall–Kier alpha value is -1.12. The van der Waals surface area contributed by atoms with Crippen molar-refractivity contribution in [3.63, 3.8) is 0 Å². The van der Waals surface area contributed by atoms with E-state index in [0.717, 1.165) is 16.5 Å². The van der Waals surface area contributed by atoms with E-state index in [1.807, 2.05) is 12.3 Å². The molecule has 1 aromatic rings. The highest BCUT2D eigenvalue weighted by molar-refractivity contribution is 7.98. The molecule has 1 heterocycles. The van der Waals surface area contributed by atoms with Crippen LogP contribution < -0.4 is 5.32 Å². The van der Waals surface area contributed by atoms with E-state index in [-0.39, 0.29) is 18.9 Å². The Morgan fingerprint density at radius 1 is 1.55 bits per heavy atom.